The number of rotatable bonds is 3. The number of aliphatic hydroxyl groups excluding tert-OH is 1. The molecule has 1 aromatic rings. The third kappa shape index (κ3) is 2.87. The fourth-order valence-corrected chi connectivity index (χ4v) is 2.36. The second-order valence-electron chi connectivity index (χ2n) is 4.82. The summed E-state index contributed by atoms with van der Waals surface area (Å²) >= 11 is 0. The van der Waals surface area contributed by atoms with Crippen molar-refractivity contribution in [3.8, 4) is 0 Å². The van der Waals surface area contributed by atoms with E-state index in [0.29, 0.717) is 25.6 Å². The first-order valence-electron chi connectivity index (χ1n) is 6.13. The number of carboxylic acid groups (broad SMARTS) is 1. The van der Waals surface area contributed by atoms with Crippen molar-refractivity contribution >= 4 is 11.7 Å². The zero-order valence-corrected chi connectivity index (χ0v) is 10.5. The molecule has 0 aromatic heterocycles. The van der Waals surface area contributed by atoms with Crippen LogP contribution in [0.1, 0.15) is 22.3 Å². The first-order valence-corrected chi connectivity index (χ1v) is 6.13. The van der Waals surface area contributed by atoms with Gasteiger partial charge in [-0.2, -0.15) is 13.2 Å². The highest BCUT2D eigenvalue weighted by Crippen LogP contribution is 2.34. The Labute approximate surface area is 113 Å². The Morgan fingerprint density at radius 2 is 2.10 bits per heavy atom. The number of carbonyl (C=O) groups is 1. The third-order valence-corrected chi connectivity index (χ3v) is 3.44. The van der Waals surface area contributed by atoms with Crippen LogP contribution in [0, 0.1) is 5.92 Å². The molecule has 0 radical (unpaired) electrons. The number of alkyl halides is 3. The van der Waals surface area contributed by atoms with Crippen LogP contribution in [0.25, 0.3) is 0 Å². The number of hydrogen-bond acceptors (Lipinski definition) is 3. The van der Waals surface area contributed by atoms with Gasteiger partial charge in [-0.3, -0.25) is 0 Å². The van der Waals surface area contributed by atoms with Crippen molar-refractivity contribution in [1.29, 1.82) is 0 Å². The highest BCUT2D eigenvalue weighted by atomic mass is 19.4. The molecule has 4 nitrogen and oxygen atoms in total. The summed E-state index contributed by atoms with van der Waals surface area (Å²) < 4.78 is 37.9. The van der Waals surface area contributed by atoms with Crippen molar-refractivity contribution < 1.29 is 28.2 Å². The number of aliphatic hydroxyl groups is 1. The summed E-state index contributed by atoms with van der Waals surface area (Å²) in [4.78, 5) is 12.9. The van der Waals surface area contributed by atoms with Crippen LogP contribution in [-0.4, -0.2) is 35.9 Å². The molecular weight excluding hydrogens is 275 g/mol. The van der Waals surface area contributed by atoms with E-state index in [0.717, 1.165) is 6.07 Å². The van der Waals surface area contributed by atoms with Gasteiger partial charge in [-0.25, -0.2) is 4.79 Å². The maximum Gasteiger partial charge on any atom is 0.416 e. The number of benzene rings is 1. The topological polar surface area (TPSA) is 60.8 Å². The standard InChI is InChI=1S/C13H14F3NO3/c14-13(15,16)9-1-2-11(10(5-9)12(19)20)17-4-3-8(6-17)7-18/h1-2,5,8,18H,3-4,6-7H2,(H,19,20). The summed E-state index contributed by atoms with van der Waals surface area (Å²) in [6.07, 6.45) is -3.88. The summed E-state index contributed by atoms with van der Waals surface area (Å²) in [5.74, 6) is -1.36. The molecule has 1 saturated heterocycles. The van der Waals surface area contributed by atoms with E-state index in [1.165, 1.54) is 6.07 Å². The zero-order valence-electron chi connectivity index (χ0n) is 10.5. The summed E-state index contributed by atoms with van der Waals surface area (Å²) in [6, 6.07) is 2.73. The Morgan fingerprint density at radius 1 is 1.40 bits per heavy atom. The predicted molar refractivity (Wildman–Crippen MR) is 65.8 cm³/mol. The summed E-state index contributed by atoms with van der Waals surface area (Å²) in [5, 5.41) is 18.2. The van der Waals surface area contributed by atoms with Crippen LogP contribution in [0.5, 0.6) is 0 Å². The van der Waals surface area contributed by atoms with Crippen LogP contribution in [0.3, 0.4) is 0 Å². The third-order valence-electron chi connectivity index (χ3n) is 3.44. The maximum absolute atomic E-state index is 12.6. The van der Waals surface area contributed by atoms with E-state index < -0.39 is 17.7 Å². The number of carboxylic acids is 1. The van der Waals surface area contributed by atoms with Gasteiger partial charge in [0.15, 0.2) is 0 Å². The van der Waals surface area contributed by atoms with E-state index in [9.17, 15) is 18.0 Å². The summed E-state index contributed by atoms with van der Waals surface area (Å²) in [7, 11) is 0. The largest absolute Gasteiger partial charge is 0.478 e. The van der Waals surface area contributed by atoms with E-state index in [-0.39, 0.29) is 23.8 Å². The molecule has 1 atom stereocenters. The first kappa shape index (κ1) is 14.6. The lowest BCUT2D eigenvalue weighted by atomic mass is 10.1. The van der Waals surface area contributed by atoms with Crippen LogP contribution in [-0.2, 0) is 6.18 Å². The highest BCUT2D eigenvalue weighted by molar-refractivity contribution is 5.94. The number of nitrogens with zero attached hydrogens (tertiary/aromatic N) is 1. The van der Waals surface area contributed by atoms with Crippen molar-refractivity contribution in [3.63, 3.8) is 0 Å². The van der Waals surface area contributed by atoms with Crippen molar-refractivity contribution in [2.45, 2.75) is 12.6 Å². The summed E-state index contributed by atoms with van der Waals surface area (Å²) in [6.45, 7) is 0.957. The highest BCUT2D eigenvalue weighted by Gasteiger charge is 2.33. The molecule has 0 spiro atoms. The number of hydrogen-bond donors (Lipinski definition) is 2. The van der Waals surface area contributed by atoms with Gasteiger partial charge in [-0.15, -0.1) is 0 Å². The number of anilines is 1. The van der Waals surface area contributed by atoms with Gasteiger partial charge in [-0.1, -0.05) is 0 Å². The van der Waals surface area contributed by atoms with Crippen LogP contribution >= 0.6 is 0 Å². The van der Waals surface area contributed by atoms with E-state index in [1.807, 2.05) is 0 Å². The molecule has 0 saturated carbocycles. The number of aromatic carboxylic acids is 1. The molecule has 110 valence electrons. The number of halogens is 3. The smallest absolute Gasteiger partial charge is 0.416 e. The molecule has 1 aliphatic rings. The molecular formula is C13H14F3NO3. The Morgan fingerprint density at radius 3 is 2.60 bits per heavy atom. The zero-order chi connectivity index (χ0) is 14.9. The van der Waals surface area contributed by atoms with Crippen LogP contribution < -0.4 is 4.90 Å². The van der Waals surface area contributed by atoms with Crippen molar-refractivity contribution in [3.05, 3.63) is 29.3 Å². The fourth-order valence-electron chi connectivity index (χ4n) is 2.36. The first-order chi connectivity index (χ1) is 9.32. The van der Waals surface area contributed by atoms with E-state index in [4.69, 9.17) is 10.2 Å². The van der Waals surface area contributed by atoms with Gasteiger partial charge in [0.25, 0.3) is 0 Å². The predicted octanol–water partition coefficient (Wildman–Crippen LogP) is 2.22. The molecule has 20 heavy (non-hydrogen) atoms. The molecule has 1 heterocycles. The molecule has 7 heteroatoms. The van der Waals surface area contributed by atoms with Crippen LogP contribution in [0.2, 0.25) is 0 Å². The second-order valence-corrected chi connectivity index (χ2v) is 4.82. The summed E-state index contributed by atoms with van der Waals surface area (Å²) in [5.41, 5.74) is -1.07. The molecule has 1 fully saturated rings. The van der Waals surface area contributed by atoms with Crippen LogP contribution in [0.15, 0.2) is 18.2 Å². The molecule has 1 unspecified atom stereocenters. The van der Waals surface area contributed by atoms with Gasteiger partial charge in [0.2, 0.25) is 0 Å². The minimum Gasteiger partial charge on any atom is -0.478 e. The molecule has 0 aliphatic carbocycles. The Bertz CT molecular complexity index is 516. The van der Waals surface area contributed by atoms with Gasteiger partial charge in [0.05, 0.1) is 16.8 Å². The quantitative estimate of drug-likeness (QED) is 0.895. The Hall–Kier alpha value is -1.76. The monoisotopic (exact) mass is 289 g/mol. The molecule has 0 amide bonds. The molecule has 0 bridgehead atoms. The maximum atomic E-state index is 12.6. The van der Waals surface area contributed by atoms with Gasteiger partial charge in [0.1, 0.15) is 0 Å². The van der Waals surface area contributed by atoms with Gasteiger partial charge in [0, 0.05) is 25.6 Å². The van der Waals surface area contributed by atoms with Gasteiger partial charge >= 0.3 is 12.1 Å². The average Bonchev–Trinajstić information content (AvgIpc) is 2.85. The lowest BCUT2D eigenvalue weighted by Gasteiger charge is -2.21. The normalized spacial score (nSPS) is 19.4. The van der Waals surface area contributed by atoms with E-state index in [2.05, 4.69) is 0 Å². The molecule has 2 rings (SSSR count). The van der Waals surface area contributed by atoms with Crippen LogP contribution in [0.4, 0.5) is 18.9 Å². The lowest BCUT2D eigenvalue weighted by molar-refractivity contribution is -0.137. The molecule has 2 N–H and O–H groups in total. The van der Waals surface area contributed by atoms with Gasteiger partial charge < -0.3 is 15.1 Å². The van der Waals surface area contributed by atoms with Crippen molar-refractivity contribution in [2.75, 3.05) is 24.6 Å². The average molecular weight is 289 g/mol. The SMILES string of the molecule is O=C(O)c1cc(C(F)(F)F)ccc1N1CCC(CO)C1. The molecule has 1 aliphatic heterocycles. The Balaban J connectivity index is 2.36. The minimum atomic E-state index is -4.57. The van der Waals surface area contributed by atoms with Gasteiger partial charge in [-0.05, 0) is 24.6 Å². The second kappa shape index (κ2) is 5.32. The minimum absolute atomic E-state index is 0.0143. The van der Waals surface area contributed by atoms with Crippen molar-refractivity contribution in [2.24, 2.45) is 5.92 Å². The Kier molecular flexibility index (Phi) is 3.89. The van der Waals surface area contributed by atoms with E-state index in [1.54, 1.807) is 4.90 Å². The van der Waals surface area contributed by atoms with Crippen molar-refractivity contribution in [1.82, 2.24) is 0 Å². The fraction of sp³-hybridized carbons (Fsp3) is 0.462. The lowest BCUT2D eigenvalue weighted by Crippen LogP contribution is -2.23. The molecule has 1 aromatic carbocycles. The van der Waals surface area contributed by atoms with E-state index >= 15 is 0 Å².